The van der Waals surface area contributed by atoms with Gasteiger partial charge in [-0.1, -0.05) is 29.8 Å². The van der Waals surface area contributed by atoms with E-state index in [9.17, 15) is 14.9 Å². The molecule has 0 spiro atoms. The number of hydrogen-bond acceptors (Lipinski definition) is 3. The van der Waals surface area contributed by atoms with E-state index in [-0.39, 0.29) is 23.0 Å². The zero-order chi connectivity index (χ0) is 17.3. The Kier molecular flexibility index (Phi) is 4.22. The van der Waals surface area contributed by atoms with Gasteiger partial charge in [0.1, 0.15) is 5.02 Å². The first-order valence-corrected chi connectivity index (χ1v) is 7.60. The van der Waals surface area contributed by atoms with Crippen LogP contribution in [0.2, 0.25) is 5.02 Å². The maximum Gasteiger partial charge on any atom is 0.289 e. The smallest absolute Gasteiger partial charge is 0.289 e. The molecule has 0 bridgehead atoms. The highest BCUT2D eigenvalue weighted by Crippen LogP contribution is 2.27. The number of aromatic nitrogens is 1. The highest BCUT2D eigenvalue weighted by atomic mass is 35.5. The Balaban J connectivity index is 1.81. The van der Waals surface area contributed by atoms with Gasteiger partial charge < -0.3 is 9.88 Å². The van der Waals surface area contributed by atoms with Gasteiger partial charge >= 0.3 is 0 Å². The lowest BCUT2D eigenvalue weighted by Crippen LogP contribution is -2.14. The van der Waals surface area contributed by atoms with E-state index in [0.29, 0.717) is 5.69 Å². The summed E-state index contributed by atoms with van der Waals surface area (Å²) in [6, 6.07) is 12.0. The molecule has 2 aromatic carbocycles. The maximum atomic E-state index is 12.3. The van der Waals surface area contributed by atoms with Crippen LogP contribution in [0.5, 0.6) is 0 Å². The number of para-hydroxylation sites is 1. The Morgan fingerprint density at radius 2 is 2.04 bits per heavy atom. The number of nitrogens with one attached hydrogen (secondary N) is 1. The van der Waals surface area contributed by atoms with Crippen molar-refractivity contribution in [2.45, 2.75) is 6.42 Å². The third kappa shape index (κ3) is 3.09. The fourth-order valence-corrected chi connectivity index (χ4v) is 2.86. The van der Waals surface area contributed by atoms with E-state index >= 15 is 0 Å². The number of aryl methyl sites for hydroxylation is 1. The number of nitrogens with zero attached hydrogens (tertiary/aromatic N) is 2. The molecule has 0 aliphatic heterocycles. The van der Waals surface area contributed by atoms with Crippen LogP contribution in [0.3, 0.4) is 0 Å². The molecule has 7 heteroatoms. The molecule has 0 aliphatic carbocycles. The third-order valence-corrected chi connectivity index (χ3v) is 4.08. The van der Waals surface area contributed by atoms with Crippen LogP contribution in [0.4, 0.5) is 11.4 Å². The summed E-state index contributed by atoms with van der Waals surface area (Å²) in [6.45, 7) is 0. The van der Waals surface area contributed by atoms with Crippen LogP contribution in [-0.4, -0.2) is 15.4 Å². The third-order valence-electron chi connectivity index (χ3n) is 3.76. The van der Waals surface area contributed by atoms with Crippen LogP contribution in [-0.2, 0) is 18.3 Å². The largest absolute Gasteiger partial charge is 0.350 e. The normalized spacial score (nSPS) is 10.8. The molecule has 3 aromatic rings. The van der Waals surface area contributed by atoms with Crippen LogP contribution in [0.15, 0.2) is 48.7 Å². The van der Waals surface area contributed by atoms with Gasteiger partial charge in [0.15, 0.2) is 0 Å². The molecule has 1 heterocycles. The van der Waals surface area contributed by atoms with Crippen molar-refractivity contribution in [1.29, 1.82) is 0 Å². The number of halogens is 1. The van der Waals surface area contributed by atoms with Crippen molar-refractivity contribution in [1.82, 2.24) is 4.57 Å². The first kappa shape index (κ1) is 16.0. The van der Waals surface area contributed by atoms with Gasteiger partial charge in [0.2, 0.25) is 5.91 Å². The molecule has 6 nitrogen and oxygen atoms in total. The SMILES string of the molecule is Cn1cc(CC(=O)Nc2ccc(Cl)c([N+](=O)[O-])c2)c2ccccc21. The highest BCUT2D eigenvalue weighted by Gasteiger charge is 2.15. The molecule has 24 heavy (non-hydrogen) atoms. The van der Waals surface area contributed by atoms with Gasteiger partial charge in [-0.3, -0.25) is 14.9 Å². The zero-order valence-corrected chi connectivity index (χ0v) is 13.6. The summed E-state index contributed by atoms with van der Waals surface area (Å²) in [4.78, 5) is 22.6. The summed E-state index contributed by atoms with van der Waals surface area (Å²) >= 11 is 5.77. The number of nitro groups is 1. The van der Waals surface area contributed by atoms with Crippen LogP contribution in [0.25, 0.3) is 10.9 Å². The molecule has 3 rings (SSSR count). The molecular formula is C17H14ClN3O3. The van der Waals surface area contributed by atoms with Gasteiger partial charge in [-0.15, -0.1) is 0 Å². The van der Waals surface area contributed by atoms with Crippen LogP contribution in [0, 0.1) is 10.1 Å². The summed E-state index contributed by atoms with van der Waals surface area (Å²) in [5.41, 5.74) is 2.05. The minimum Gasteiger partial charge on any atom is -0.350 e. The number of hydrogen-bond donors (Lipinski definition) is 1. The van der Waals surface area contributed by atoms with E-state index in [4.69, 9.17) is 11.6 Å². The zero-order valence-electron chi connectivity index (χ0n) is 12.8. The van der Waals surface area contributed by atoms with Gasteiger partial charge in [-0.25, -0.2) is 0 Å². The van der Waals surface area contributed by atoms with Crippen LogP contribution < -0.4 is 5.32 Å². The average Bonchev–Trinajstić information content (AvgIpc) is 2.85. The van der Waals surface area contributed by atoms with Gasteiger partial charge in [-0.05, 0) is 23.8 Å². The Labute approximate surface area is 142 Å². The fourth-order valence-electron chi connectivity index (χ4n) is 2.67. The molecule has 0 fully saturated rings. The Bertz CT molecular complexity index is 949. The predicted octanol–water partition coefficient (Wildman–Crippen LogP) is 3.92. The van der Waals surface area contributed by atoms with Gasteiger partial charge in [-0.2, -0.15) is 0 Å². The second kappa shape index (κ2) is 6.33. The number of rotatable bonds is 4. The van der Waals surface area contributed by atoms with Gasteiger partial charge in [0.25, 0.3) is 5.69 Å². The van der Waals surface area contributed by atoms with E-state index in [1.54, 1.807) is 0 Å². The second-order valence-corrected chi connectivity index (χ2v) is 5.84. The van der Waals surface area contributed by atoms with E-state index in [0.717, 1.165) is 16.5 Å². The number of carbonyl (C=O) groups is 1. The monoisotopic (exact) mass is 343 g/mol. The summed E-state index contributed by atoms with van der Waals surface area (Å²) in [5.74, 6) is -0.247. The second-order valence-electron chi connectivity index (χ2n) is 5.43. The number of anilines is 1. The standard InChI is InChI=1S/C17H14ClN3O3/c1-20-10-11(13-4-2-3-5-15(13)20)8-17(22)19-12-6-7-14(18)16(9-12)21(23)24/h2-7,9-10H,8H2,1H3,(H,19,22). The van der Waals surface area contributed by atoms with Crippen molar-refractivity contribution in [3.05, 3.63) is 69.4 Å². The first-order valence-electron chi connectivity index (χ1n) is 7.22. The lowest BCUT2D eigenvalue weighted by atomic mass is 10.1. The van der Waals surface area contributed by atoms with Crippen molar-refractivity contribution in [3.63, 3.8) is 0 Å². The van der Waals surface area contributed by atoms with Crippen molar-refractivity contribution in [2.24, 2.45) is 7.05 Å². The Morgan fingerprint density at radius 1 is 1.29 bits per heavy atom. The molecule has 122 valence electrons. The lowest BCUT2D eigenvalue weighted by molar-refractivity contribution is -0.384. The van der Waals surface area contributed by atoms with Crippen molar-refractivity contribution in [3.8, 4) is 0 Å². The molecular weight excluding hydrogens is 330 g/mol. The summed E-state index contributed by atoms with van der Waals surface area (Å²) in [5, 5.41) is 14.6. The highest BCUT2D eigenvalue weighted by molar-refractivity contribution is 6.32. The molecule has 0 saturated carbocycles. The molecule has 0 atom stereocenters. The van der Waals surface area contributed by atoms with Gasteiger partial charge in [0.05, 0.1) is 11.3 Å². The van der Waals surface area contributed by atoms with Crippen molar-refractivity contribution in [2.75, 3.05) is 5.32 Å². The summed E-state index contributed by atoms with van der Waals surface area (Å²) in [7, 11) is 1.92. The minimum absolute atomic E-state index is 0.0343. The van der Waals surface area contributed by atoms with Crippen molar-refractivity contribution >= 4 is 39.8 Å². The van der Waals surface area contributed by atoms with Crippen LogP contribution >= 0.6 is 11.6 Å². The van der Waals surface area contributed by atoms with Gasteiger partial charge in [0, 0.05) is 35.9 Å². The number of benzene rings is 2. The van der Waals surface area contributed by atoms with Crippen molar-refractivity contribution < 1.29 is 9.72 Å². The topological polar surface area (TPSA) is 77.2 Å². The first-order chi connectivity index (χ1) is 11.5. The van der Waals surface area contributed by atoms with E-state index in [2.05, 4.69) is 5.32 Å². The van der Waals surface area contributed by atoms with Crippen LogP contribution in [0.1, 0.15) is 5.56 Å². The lowest BCUT2D eigenvalue weighted by Gasteiger charge is -2.05. The fraction of sp³-hybridized carbons (Fsp3) is 0.118. The average molecular weight is 344 g/mol. The number of fused-ring (bicyclic) bond motifs is 1. The molecule has 0 aliphatic rings. The molecule has 1 amide bonds. The van der Waals surface area contributed by atoms with E-state index in [1.165, 1.54) is 18.2 Å². The predicted molar refractivity (Wildman–Crippen MR) is 93.4 cm³/mol. The summed E-state index contributed by atoms with van der Waals surface area (Å²) < 4.78 is 1.96. The minimum atomic E-state index is -0.581. The summed E-state index contributed by atoms with van der Waals surface area (Å²) in [6.07, 6.45) is 2.09. The number of nitro benzene ring substituents is 1. The quantitative estimate of drug-likeness (QED) is 0.576. The number of amides is 1. The Morgan fingerprint density at radius 3 is 2.79 bits per heavy atom. The molecule has 1 N–H and O–H groups in total. The molecule has 0 saturated heterocycles. The Hall–Kier alpha value is -2.86. The molecule has 1 aromatic heterocycles. The molecule has 0 unspecified atom stereocenters. The van der Waals surface area contributed by atoms with E-state index < -0.39 is 4.92 Å². The van der Waals surface area contributed by atoms with E-state index in [1.807, 2.05) is 42.1 Å². The molecule has 0 radical (unpaired) electrons. The number of carbonyl (C=O) groups excluding carboxylic acids is 1. The maximum absolute atomic E-state index is 12.3.